The molecule has 0 spiro atoms. The van der Waals surface area contributed by atoms with E-state index in [1.165, 1.54) is 24.8 Å². The lowest BCUT2D eigenvalue weighted by Gasteiger charge is -2.30. The van der Waals surface area contributed by atoms with Crippen LogP contribution in [0.3, 0.4) is 0 Å². The number of fused-ring (bicyclic) bond motifs is 1. The van der Waals surface area contributed by atoms with Crippen molar-refractivity contribution in [2.45, 2.75) is 37.6 Å². The largest absolute Gasteiger partial charge is 0.316 e. The van der Waals surface area contributed by atoms with Crippen LogP contribution in [0.2, 0.25) is 0 Å². The topological polar surface area (TPSA) is 12.0 Å². The first-order chi connectivity index (χ1) is 9.38. The van der Waals surface area contributed by atoms with E-state index in [9.17, 15) is 0 Å². The standard InChI is InChI=1S/C17H21NS/c1-18-16(12-13-6-3-2-4-7-13)14-8-5-9-17-15(14)10-11-19-17/h2-4,6-7,10-11,14,16,18H,5,8-9,12H2,1H3. The summed E-state index contributed by atoms with van der Waals surface area (Å²) in [5.41, 5.74) is 3.04. The Morgan fingerprint density at radius 2 is 2.11 bits per heavy atom. The molecule has 2 unspecified atom stereocenters. The van der Waals surface area contributed by atoms with E-state index in [2.05, 4.69) is 54.1 Å². The molecule has 0 fully saturated rings. The highest BCUT2D eigenvalue weighted by molar-refractivity contribution is 7.10. The summed E-state index contributed by atoms with van der Waals surface area (Å²) in [5.74, 6) is 0.681. The molecule has 0 bridgehead atoms. The van der Waals surface area contributed by atoms with Crippen molar-refractivity contribution in [1.82, 2.24) is 5.32 Å². The van der Waals surface area contributed by atoms with Crippen LogP contribution in [-0.4, -0.2) is 13.1 Å². The molecule has 1 aromatic carbocycles. The minimum Gasteiger partial charge on any atom is -0.316 e. The summed E-state index contributed by atoms with van der Waals surface area (Å²) in [6, 6.07) is 13.7. The Labute approximate surface area is 119 Å². The minimum absolute atomic E-state index is 0.552. The van der Waals surface area contributed by atoms with Gasteiger partial charge >= 0.3 is 0 Å². The molecule has 3 rings (SSSR count). The summed E-state index contributed by atoms with van der Waals surface area (Å²) < 4.78 is 0. The van der Waals surface area contributed by atoms with Gasteiger partial charge < -0.3 is 5.32 Å². The molecule has 2 atom stereocenters. The van der Waals surface area contributed by atoms with Crippen molar-refractivity contribution in [3.8, 4) is 0 Å². The van der Waals surface area contributed by atoms with Crippen LogP contribution >= 0.6 is 11.3 Å². The van der Waals surface area contributed by atoms with E-state index < -0.39 is 0 Å². The lowest BCUT2D eigenvalue weighted by atomic mass is 9.80. The van der Waals surface area contributed by atoms with Crippen molar-refractivity contribution in [2.75, 3.05) is 7.05 Å². The van der Waals surface area contributed by atoms with Gasteiger partial charge in [-0.3, -0.25) is 0 Å². The minimum atomic E-state index is 0.552. The first-order valence-corrected chi connectivity index (χ1v) is 8.04. The molecule has 2 heteroatoms. The normalized spacial score (nSPS) is 19.9. The molecule has 1 aliphatic carbocycles. The molecule has 100 valence electrons. The zero-order chi connectivity index (χ0) is 13.1. The summed E-state index contributed by atoms with van der Waals surface area (Å²) >= 11 is 1.94. The second-order valence-electron chi connectivity index (χ2n) is 5.38. The summed E-state index contributed by atoms with van der Waals surface area (Å²) in [6.45, 7) is 0. The maximum absolute atomic E-state index is 3.56. The van der Waals surface area contributed by atoms with Gasteiger partial charge in [-0.2, -0.15) is 0 Å². The van der Waals surface area contributed by atoms with Gasteiger partial charge in [0.15, 0.2) is 0 Å². The predicted molar refractivity (Wildman–Crippen MR) is 83.0 cm³/mol. The van der Waals surface area contributed by atoms with Gasteiger partial charge in [0, 0.05) is 16.8 Å². The third-order valence-electron chi connectivity index (χ3n) is 4.25. The second kappa shape index (κ2) is 5.89. The highest BCUT2D eigenvalue weighted by Crippen LogP contribution is 2.37. The van der Waals surface area contributed by atoms with Crippen LogP contribution in [0, 0.1) is 0 Å². The molecular formula is C17H21NS. The summed E-state index contributed by atoms with van der Waals surface area (Å²) in [7, 11) is 2.11. The maximum atomic E-state index is 3.56. The number of likely N-dealkylation sites (N-methyl/N-ethyl adjacent to an activating group) is 1. The van der Waals surface area contributed by atoms with E-state index in [0.29, 0.717) is 12.0 Å². The van der Waals surface area contributed by atoms with Gasteiger partial charge in [0.1, 0.15) is 0 Å². The Bertz CT molecular complexity index is 517. The van der Waals surface area contributed by atoms with Crippen LogP contribution in [0.1, 0.15) is 34.8 Å². The smallest absolute Gasteiger partial charge is 0.0174 e. The Balaban J connectivity index is 1.80. The molecule has 0 amide bonds. The molecule has 19 heavy (non-hydrogen) atoms. The molecule has 2 aromatic rings. The molecule has 0 aliphatic heterocycles. The molecule has 1 aromatic heterocycles. The van der Waals surface area contributed by atoms with Gasteiger partial charge in [-0.15, -0.1) is 11.3 Å². The highest BCUT2D eigenvalue weighted by atomic mass is 32.1. The molecule has 1 N–H and O–H groups in total. The average molecular weight is 271 g/mol. The van der Waals surface area contributed by atoms with E-state index in [-0.39, 0.29) is 0 Å². The molecule has 1 aliphatic rings. The van der Waals surface area contributed by atoms with Gasteiger partial charge in [0.25, 0.3) is 0 Å². The Kier molecular flexibility index (Phi) is 4.00. The predicted octanol–water partition coefficient (Wildman–Crippen LogP) is 4.00. The van der Waals surface area contributed by atoms with Crippen LogP contribution in [0.25, 0.3) is 0 Å². The zero-order valence-corrected chi connectivity index (χ0v) is 12.2. The number of benzene rings is 1. The Morgan fingerprint density at radius 3 is 2.89 bits per heavy atom. The van der Waals surface area contributed by atoms with Crippen molar-refractivity contribution < 1.29 is 0 Å². The summed E-state index contributed by atoms with van der Waals surface area (Å²) in [5, 5.41) is 5.82. The van der Waals surface area contributed by atoms with Crippen molar-refractivity contribution in [3.63, 3.8) is 0 Å². The zero-order valence-electron chi connectivity index (χ0n) is 11.4. The fourth-order valence-electron chi connectivity index (χ4n) is 3.25. The summed E-state index contributed by atoms with van der Waals surface area (Å²) in [6.07, 6.45) is 5.07. The molecule has 0 radical (unpaired) electrons. The van der Waals surface area contributed by atoms with Gasteiger partial charge in [0.05, 0.1) is 0 Å². The van der Waals surface area contributed by atoms with E-state index in [0.717, 1.165) is 6.42 Å². The first kappa shape index (κ1) is 12.9. The Hall–Kier alpha value is -1.12. The fraction of sp³-hybridized carbons (Fsp3) is 0.412. The second-order valence-corrected chi connectivity index (χ2v) is 6.38. The van der Waals surface area contributed by atoms with E-state index in [4.69, 9.17) is 0 Å². The molecule has 0 saturated carbocycles. The number of thiophene rings is 1. The van der Waals surface area contributed by atoms with Crippen molar-refractivity contribution in [3.05, 3.63) is 57.8 Å². The number of rotatable bonds is 4. The van der Waals surface area contributed by atoms with Gasteiger partial charge in [-0.05, 0) is 55.3 Å². The Morgan fingerprint density at radius 1 is 1.26 bits per heavy atom. The number of hydrogen-bond donors (Lipinski definition) is 1. The number of hydrogen-bond acceptors (Lipinski definition) is 2. The van der Waals surface area contributed by atoms with E-state index >= 15 is 0 Å². The van der Waals surface area contributed by atoms with Gasteiger partial charge in [-0.1, -0.05) is 30.3 Å². The summed E-state index contributed by atoms with van der Waals surface area (Å²) in [4.78, 5) is 1.62. The van der Waals surface area contributed by atoms with Gasteiger partial charge in [-0.25, -0.2) is 0 Å². The monoisotopic (exact) mass is 271 g/mol. The molecule has 1 nitrogen and oxygen atoms in total. The first-order valence-electron chi connectivity index (χ1n) is 7.16. The van der Waals surface area contributed by atoms with Crippen molar-refractivity contribution >= 4 is 11.3 Å². The van der Waals surface area contributed by atoms with Gasteiger partial charge in [0.2, 0.25) is 0 Å². The SMILES string of the molecule is CNC(Cc1ccccc1)C1CCCc2sccc21. The third kappa shape index (κ3) is 2.75. The highest BCUT2D eigenvalue weighted by Gasteiger charge is 2.27. The van der Waals surface area contributed by atoms with Crippen LogP contribution in [0.15, 0.2) is 41.8 Å². The van der Waals surface area contributed by atoms with Crippen LogP contribution < -0.4 is 5.32 Å². The fourth-order valence-corrected chi connectivity index (χ4v) is 4.25. The number of nitrogens with one attached hydrogen (secondary N) is 1. The third-order valence-corrected chi connectivity index (χ3v) is 5.25. The number of aryl methyl sites for hydroxylation is 1. The molecule has 1 heterocycles. The lowest BCUT2D eigenvalue weighted by Crippen LogP contribution is -2.35. The van der Waals surface area contributed by atoms with Crippen LogP contribution in [0.5, 0.6) is 0 Å². The van der Waals surface area contributed by atoms with Crippen LogP contribution in [0.4, 0.5) is 0 Å². The molecular weight excluding hydrogens is 250 g/mol. The van der Waals surface area contributed by atoms with Crippen LogP contribution in [-0.2, 0) is 12.8 Å². The quantitative estimate of drug-likeness (QED) is 0.886. The maximum Gasteiger partial charge on any atom is 0.0174 e. The average Bonchev–Trinajstić information content (AvgIpc) is 2.94. The van der Waals surface area contributed by atoms with Crippen molar-refractivity contribution in [2.24, 2.45) is 0 Å². The lowest BCUT2D eigenvalue weighted by molar-refractivity contribution is 0.414. The van der Waals surface area contributed by atoms with E-state index in [1.54, 1.807) is 10.4 Å². The van der Waals surface area contributed by atoms with E-state index in [1.807, 2.05) is 11.3 Å². The van der Waals surface area contributed by atoms with Crippen molar-refractivity contribution in [1.29, 1.82) is 0 Å². The molecule has 0 saturated heterocycles.